The molecule has 1 unspecified atom stereocenters. The van der Waals surface area contributed by atoms with Crippen LogP contribution < -0.4 is 10.9 Å². The molecule has 0 spiro atoms. The van der Waals surface area contributed by atoms with Gasteiger partial charge in [0.2, 0.25) is 11.8 Å². The second-order valence-corrected chi connectivity index (χ2v) is 8.61. The van der Waals surface area contributed by atoms with Gasteiger partial charge in [0.15, 0.2) is 9.84 Å². The Kier molecular flexibility index (Phi) is 5.03. The molecule has 0 aliphatic carbocycles. The lowest BCUT2D eigenvalue weighted by Gasteiger charge is -2.11. The van der Waals surface area contributed by atoms with E-state index in [1.165, 1.54) is 0 Å². The molecule has 3 rings (SSSR count). The van der Waals surface area contributed by atoms with Gasteiger partial charge in [0.25, 0.3) is 0 Å². The van der Waals surface area contributed by atoms with Crippen LogP contribution in [0.3, 0.4) is 0 Å². The molecule has 2 aromatic carbocycles. The molecule has 0 bridgehead atoms. The minimum Gasteiger partial charge on any atom is -0.273 e. The van der Waals surface area contributed by atoms with Crippen molar-refractivity contribution in [3.05, 3.63) is 48.0 Å². The average Bonchev–Trinajstić information content (AvgIpc) is 2.92. The summed E-state index contributed by atoms with van der Waals surface area (Å²) in [6.45, 7) is 0. The largest absolute Gasteiger partial charge is 0.273 e. The van der Waals surface area contributed by atoms with E-state index in [2.05, 4.69) is 10.9 Å². The second kappa shape index (κ2) is 7.23. The molecule has 132 valence electrons. The molecule has 1 saturated heterocycles. The number of hydrogen-bond donors (Lipinski definition) is 2. The number of carbonyl (C=O) groups excluding carboxylic acids is 2. The van der Waals surface area contributed by atoms with Gasteiger partial charge < -0.3 is 0 Å². The normalized spacial score (nSPS) is 18.8. The van der Waals surface area contributed by atoms with Gasteiger partial charge >= 0.3 is 0 Å². The van der Waals surface area contributed by atoms with Crippen molar-refractivity contribution < 1.29 is 18.0 Å². The number of hydrazine groups is 1. The molecule has 0 radical (unpaired) electrons. The fourth-order valence-electron chi connectivity index (χ4n) is 3.15. The van der Waals surface area contributed by atoms with Gasteiger partial charge in [0.05, 0.1) is 17.9 Å². The Morgan fingerprint density at radius 3 is 2.48 bits per heavy atom. The summed E-state index contributed by atoms with van der Waals surface area (Å²) in [6.07, 6.45) is 0.757. The predicted octanol–water partition coefficient (Wildman–Crippen LogP) is 1.35. The maximum Gasteiger partial charge on any atom is 0.242 e. The molecule has 0 aromatic heterocycles. The lowest BCUT2D eigenvalue weighted by molar-refractivity contribution is -0.129. The van der Waals surface area contributed by atoms with Gasteiger partial charge in [-0.25, -0.2) is 8.42 Å². The van der Waals surface area contributed by atoms with Crippen LogP contribution in [0.2, 0.25) is 0 Å². The lowest BCUT2D eigenvalue weighted by Crippen LogP contribution is -2.43. The maximum atomic E-state index is 12.1. The van der Waals surface area contributed by atoms with E-state index in [0.29, 0.717) is 6.42 Å². The van der Waals surface area contributed by atoms with E-state index in [9.17, 15) is 18.0 Å². The summed E-state index contributed by atoms with van der Waals surface area (Å²) < 4.78 is 22.8. The van der Waals surface area contributed by atoms with Crippen molar-refractivity contribution in [1.82, 2.24) is 10.9 Å². The van der Waals surface area contributed by atoms with Crippen LogP contribution >= 0.6 is 0 Å². The Balaban J connectivity index is 1.52. The quantitative estimate of drug-likeness (QED) is 0.805. The molecule has 6 nitrogen and oxygen atoms in total. The van der Waals surface area contributed by atoms with Crippen LogP contribution in [0.5, 0.6) is 0 Å². The molecule has 1 atom stereocenters. The van der Waals surface area contributed by atoms with E-state index in [-0.39, 0.29) is 42.1 Å². The first kappa shape index (κ1) is 17.4. The van der Waals surface area contributed by atoms with Crippen LogP contribution in [0.25, 0.3) is 10.8 Å². The number of sulfone groups is 1. The van der Waals surface area contributed by atoms with Crippen molar-refractivity contribution in [1.29, 1.82) is 0 Å². The number of amides is 2. The standard InChI is InChI=1S/C18H20N2O4S/c21-17(10-13-8-9-25(23,24)12-13)19-20-18(22)11-15-6-3-5-14-4-1-2-7-16(14)15/h1-7,13H,8-12H2,(H,19,21)(H,20,22). The molecular formula is C18H20N2O4S. The van der Waals surface area contributed by atoms with E-state index < -0.39 is 9.84 Å². The second-order valence-electron chi connectivity index (χ2n) is 6.38. The van der Waals surface area contributed by atoms with E-state index in [1.807, 2.05) is 42.5 Å². The van der Waals surface area contributed by atoms with Gasteiger partial charge in [-0.2, -0.15) is 0 Å². The molecule has 2 amide bonds. The number of fused-ring (bicyclic) bond motifs is 1. The first-order valence-corrected chi connectivity index (χ1v) is 10.00. The van der Waals surface area contributed by atoms with E-state index in [1.54, 1.807) is 0 Å². The van der Waals surface area contributed by atoms with Crippen molar-refractivity contribution in [3.63, 3.8) is 0 Å². The smallest absolute Gasteiger partial charge is 0.242 e. The third-order valence-corrected chi connectivity index (χ3v) is 6.21. The predicted molar refractivity (Wildman–Crippen MR) is 95.3 cm³/mol. The van der Waals surface area contributed by atoms with Crippen molar-refractivity contribution in [2.24, 2.45) is 5.92 Å². The SMILES string of the molecule is O=C(Cc1cccc2ccccc12)NNC(=O)CC1CCS(=O)(=O)C1. The van der Waals surface area contributed by atoms with E-state index in [0.717, 1.165) is 16.3 Å². The number of rotatable bonds is 4. The summed E-state index contributed by atoms with van der Waals surface area (Å²) in [4.78, 5) is 23.9. The number of carbonyl (C=O) groups is 2. The summed E-state index contributed by atoms with van der Waals surface area (Å²) in [6, 6.07) is 13.5. The minimum atomic E-state index is -3.00. The van der Waals surface area contributed by atoms with Gasteiger partial charge in [-0.15, -0.1) is 0 Å². The zero-order chi connectivity index (χ0) is 17.9. The van der Waals surface area contributed by atoms with Crippen LogP contribution in [-0.4, -0.2) is 31.7 Å². The summed E-state index contributed by atoms with van der Waals surface area (Å²) in [5.74, 6) is -0.667. The van der Waals surface area contributed by atoms with E-state index >= 15 is 0 Å². The van der Waals surface area contributed by atoms with Crippen LogP contribution in [0.1, 0.15) is 18.4 Å². The Bertz CT molecular complexity index is 903. The highest BCUT2D eigenvalue weighted by molar-refractivity contribution is 7.91. The summed E-state index contributed by atoms with van der Waals surface area (Å²) in [5, 5.41) is 2.06. The summed E-state index contributed by atoms with van der Waals surface area (Å²) in [5.41, 5.74) is 5.66. The van der Waals surface area contributed by atoms with Gasteiger partial charge in [-0.3, -0.25) is 20.4 Å². The fraction of sp³-hybridized carbons (Fsp3) is 0.333. The number of nitrogens with one attached hydrogen (secondary N) is 2. The van der Waals surface area contributed by atoms with Crippen molar-refractivity contribution in [3.8, 4) is 0 Å². The molecule has 1 fully saturated rings. The first-order valence-electron chi connectivity index (χ1n) is 8.18. The molecule has 2 N–H and O–H groups in total. The van der Waals surface area contributed by atoms with Gasteiger partial charge in [0, 0.05) is 6.42 Å². The monoisotopic (exact) mass is 360 g/mol. The van der Waals surface area contributed by atoms with Gasteiger partial charge in [-0.05, 0) is 28.7 Å². The summed E-state index contributed by atoms with van der Waals surface area (Å²) >= 11 is 0. The number of hydrogen-bond acceptors (Lipinski definition) is 4. The van der Waals surface area contributed by atoms with Crippen molar-refractivity contribution in [2.45, 2.75) is 19.3 Å². The van der Waals surface area contributed by atoms with Crippen LogP contribution in [0, 0.1) is 5.92 Å². The highest BCUT2D eigenvalue weighted by atomic mass is 32.2. The third kappa shape index (κ3) is 4.57. The molecular weight excluding hydrogens is 340 g/mol. The van der Waals surface area contributed by atoms with Crippen LogP contribution in [0.4, 0.5) is 0 Å². The lowest BCUT2D eigenvalue weighted by atomic mass is 10.0. The highest BCUT2D eigenvalue weighted by Crippen LogP contribution is 2.21. The average molecular weight is 360 g/mol. The molecule has 1 aliphatic heterocycles. The molecule has 0 saturated carbocycles. The zero-order valence-corrected chi connectivity index (χ0v) is 14.5. The molecule has 25 heavy (non-hydrogen) atoms. The van der Waals surface area contributed by atoms with Crippen LogP contribution in [0.15, 0.2) is 42.5 Å². The topological polar surface area (TPSA) is 92.3 Å². The van der Waals surface area contributed by atoms with Crippen molar-refractivity contribution >= 4 is 32.4 Å². The highest BCUT2D eigenvalue weighted by Gasteiger charge is 2.29. The summed E-state index contributed by atoms with van der Waals surface area (Å²) in [7, 11) is -3.00. The Labute approximate surface area is 146 Å². The zero-order valence-electron chi connectivity index (χ0n) is 13.7. The van der Waals surface area contributed by atoms with Gasteiger partial charge in [-0.1, -0.05) is 42.5 Å². The molecule has 1 aliphatic rings. The minimum absolute atomic E-state index is 0.0460. The fourth-order valence-corrected chi connectivity index (χ4v) is 5.01. The van der Waals surface area contributed by atoms with Gasteiger partial charge in [0.1, 0.15) is 0 Å². The molecule has 1 heterocycles. The maximum absolute atomic E-state index is 12.1. The first-order chi connectivity index (χ1) is 11.9. The Hall–Kier alpha value is -2.41. The molecule has 7 heteroatoms. The number of benzene rings is 2. The third-order valence-electron chi connectivity index (χ3n) is 4.37. The Morgan fingerprint density at radius 1 is 1.00 bits per heavy atom. The van der Waals surface area contributed by atoms with E-state index in [4.69, 9.17) is 0 Å². The van der Waals surface area contributed by atoms with Crippen molar-refractivity contribution in [2.75, 3.05) is 11.5 Å². The Morgan fingerprint density at radius 2 is 1.72 bits per heavy atom. The van der Waals surface area contributed by atoms with Crippen LogP contribution in [-0.2, 0) is 25.8 Å². The molecule has 2 aromatic rings.